The minimum atomic E-state index is -4.70. The highest BCUT2D eigenvalue weighted by molar-refractivity contribution is 7.48. The summed E-state index contributed by atoms with van der Waals surface area (Å²) in [5, 5.41) is 4.29. The molecule has 17 heteroatoms. The van der Waals surface area contributed by atoms with Gasteiger partial charge in [-0.15, -0.1) is 68.0 Å². The molecule has 12 aromatic rings. The zero-order valence-corrected chi connectivity index (χ0v) is 39.7. The molecule has 0 saturated heterocycles. The van der Waals surface area contributed by atoms with Crippen molar-refractivity contribution >= 4 is 137 Å². The molecule has 6 heterocycles. The fourth-order valence-electron chi connectivity index (χ4n) is 7.63. The van der Waals surface area contributed by atoms with Crippen LogP contribution >= 0.6 is 75.8 Å². The van der Waals surface area contributed by atoms with Crippen LogP contribution in [0.5, 0.6) is 0 Å². The maximum absolute atomic E-state index is 16.5. The van der Waals surface area contributed by atoms with Gasteiger partial charge in [-0.2, -0.15) is 0 Å². The van der Waals surface area contributed by atoms with Crippen molar-refractivity contribution in [1.82, 2.24) is 29.9 Å². The third kappa shape index (κ3) is 8.67. The van der Waals surface area contributed by atoms with E-state index in [1.807, 2.05) is 127 Å². The summed E-state index contributed by atoms with van der Waals surface area (Å²) in [7, 11) is -4.70. The minimum absolute atomic E-state index is 0.267. The van der Waals surface area contributed by atoms with Gasteiger partial charge in [-0.25, -0.2) is 34.5 Å². The van der Waals surface area contributed by atoms with Gasteiger partial charge in [0, 0.05) is 19.3 Å². The molecule has 0 spiro atoms. The van der Waals surface area contributed by atoms with Crippen LogP contribution in [0.4, 0.5) is 0 Å². The van der Waals surface area contributed by atoms with Crippen molar-refractivity contribution < 1.29 is 18.1 Å². The fourth-order valence-corrected chi connectivity index (χ4v) is 15.4. The first kappa shape index (κ1) is 41.2. The molecule has 65 heavy (non-hydrogen) atoms. The number of fused-ring (bicyclic) bond motifs is 6. The molecule has 6 aromatic carbocycles. The average molecular weight is 981 g/mol. The highest BCUT2D eigenvalue weighted by Crippen LogP contribution is 2.61. The van der Waals surface area contributed by atoms with Gasteiger partial charge in [0.15, 0.2) is 0 Å². The summed E-state index contributed by atoms with van der Waals surface area (Å²) in [5.41, 5.74) is 5.08. The molecule has 0 amide bonds. The summed E-state index contributed by atoms with van der Waals surface area (Å²) in [5.74, 6) is 0. The Bertz CT molecular complexity index is 3130. The normalized spacial score (nSPS) is 14.5. The first-order chi connectivity index (χ1) is 31.9. The van der Waals surface area contributed by atoms with Crippen LogP contribution in [0.15, 0.2) is 146 Å². The summed E-state index contributed by atoms with van der Waals surface area (Å²) in [6.07, 6.45) is -1.84. The molecule has 320 valence electrons. The van der Waals surface area contributed by atoms with E-state index in [4.69, 9.17) is 43.5 Å². The van der Waals surface area contributed by atoms with Crippen molar-refractivity contribution in [3.8, 4) is 0 Å². The van der Waals surface area contributed by atoms with Crippen LogP contribution in [0.2, 0.25) is 0 Å². The lowest BCUT2D eigenvalue weighted by molar-refractivity contribution is 0.0290. The van der Waals surface area contributed by atoms with Gasteiger partial charge in [-0.3, -0.25) is 13.6 Å². The fraction of sp³-hybridized carbons (Fsp3) is 0.125. The number of phosphoric acid groups is 1. The zero-order chi connectivity index (χ0) is 43.3. The van der Waals surface area contributed by atoms with Crippen LogP contribution < -0.4 is 0 Å². The second-order valence-electron chi connectivity index (χ2n) is 15.1. The van der Waals surface area contributed by atoms with E-state index in [0.717, 1.165) is 76.3 Å². The monoisotopic (exact) mass is 980 g/mol. The number of phosphoric ester groups is 1. The Morgan fingerprint density at radius 1 is 0.338 bits per heavy atom. The van der Waals surface area contributed by atoms with Crippen molar-refractivity contribution in [2.24, 2.45) is 0 Å². The molecular formula is C48H33N6O4PS6. The first-order valence-corrected chi connectivity index (χ1v) is 27.0. The number of nitrogens with zero attached hydrogens (tertiary/aromatic N) is 6. The molecule has 3 atom stereocenters. The molecule has 0 N–H and O–H groups in total. The van der Waals surface area contributed by atoms with Crippen LogP contribution in [0.1, 0.15) is 48.4 Å². The summed E-state index contributed by atoms with van der Waals surface area (Å²) in [6.45, 7) is 0. The smallest absolute Gasteiger partial charge is 0.276 e. The van der Waals surface area contributed by atoms with Crippen LogP contribution in [-0.4, -0.2) is 29.9 Å². The molecule has 10 nitrogen and oxygen atoms in total. The standard InChI is InChI=1S/C48H33N6O4PS6/c55-59(56-34(46-52-31-16-4-10-22-40(31)63-46)25-43-49-28-13-1-7-19-37(28)60-43,57-35(47-53-32-17-5-11-23-41(32)64-47)26-44-50-29-14-2-8-20-38(29)61-44)58-36(48-54-33-18-6-12-24-42(33)65-48)27-45-51-30-15-3-9-21-39(30)62-45/h1-24,34-36H,25-27H2. The predicted octanol–water partition coefficient (Wildman–Crippen LogP) is 14.8. The summed E-state index contributed by atoms with van der Waals surface area (Å²) in [4.78, 5) is 30.2. The lowest BCUT2D eigenvalue weighted by Gasteiger charge is -2.28. The van der Waals surface area contributed by atoms with Gasteiger partial charge < -0.3 is 0 Å². The Hall–Kier alpha value is -5.23. The van der Waals surface area contributed by atoms with Gasteiger partial charge in [0.2, 0.25) is 0 Å². The molecule has 0 aliphatic heterocycles. The van der Waals surface area contributed by atoms with Gasteiger partial charge >= 0.3 is 7.82 Å². The quantitative estimate of drug-likeness (QED) is 0.0918. The summed E-state index contributed by atoms with van der Waals surface area (Å²) >= 11 is 9.18. The molecule has 0 bridgehead atoms. The van der Waals surface area contributed by atoms with E-state index in [0.29, 0.717) is 15.0 Å². The van der Waals surface area contributed by atoms with Gasteiger partial charge in [-0.05, 0) is 72.8 Å². The van der Waals surface area contributed by atoms with Gasteiger partial charge in [0.25, 0.3) is 0 Å². The topological polar surface area (TPSA) is 122 Å². The molecule has 0 saturated carbocycles. The number of aromatic nitrogens is 6. The molecule has 0 aliphatic carbocycles. The Balaban J connectivity index is 1.00. The molecule has 0 radical (unpaired) electrons. The van der Waals surface area contributed by atoms with Crippen molar-refractivity contribution in [1.29, 1.82) is 0 Å². The van der Waals surface area contributed by atoms with E-state index in [1.165, 1.54) is 34.0 Å². The SMILES string of the molecule is O=P(OC(Cc1nc2ccccc2s1)c1nc2ccccc2s1)(OC(Cc1nc2ccccc2s1)c1nc2ccccc2s1)OC(Cc1nc2ccccc2s1)c1nc2ccccc2s1. The maximum atomic E-state index is 16.5. The third-order valence-electron chi connectivity index (χ3n) is 10.6. The van der Waals surface area contributed by atoms with Crippen LogP contribution in [0.3, 0.4) is 0 Å². The summed E-state index contributed by atoms with van der Waals surface area (Å²) < 4.78 is 43.7. The van der Waals surface area contributed by atoms with E-state index < -0.39 is 26.1 Å². The van der Waals surface area contributed by atoms with E-state index in [1.54, 1.807) is 34.0 Å². The lowest BCUT2D eigenvalue weighted by Crippen LogP contribution is -2.16. The van der Waals surface area contributed by atoms with E-state index in [2.05, 4.69) is 18.2 Å². The van der Waals surface area contributed by atoms with Crippen molar-refractivity contribution in [3.63, 3.8) is 0 Å². The molecule has 0 aliphatic rings. The number of hydrogen-bond acceptors (Lipinski definition) is 16. The molecule has 6 aromatic heterocycles. The van der Waals surface area contributed by atoms with E-state index in [-0.39, 0.29) is 19.3 Å². The van der Waals surface area contributed by atoms with Crippen molar-refractivity contribution in [3.05, 3.63) is 176 Å². The van der Waals surface area contributed by atoms with Crippen LogP contribution in [0.25, 0.3) is 61.3 Å². The lowest BCUT2D eigenvalue weighted by atomic mass is 10.2. The number of para-hydroxylation sites is 6. The Labute approximate surface area is 395 Å². The number of benzene rings is 6. The average Bonchev–Trinajstić information content (AvgIpc) is 4.18. The maximum Gasteiger partial charge on any atom is 0.476 e. The highest BCUT2D eigenvalue weighted by Gasteiger charge is 2.42. The largest absolute Gasteiger partial charge is 0.476 e. The molecule has 12 rings (SSSR count). The molecular weight excluding hydrogens is 948 g/mol. The molecule has 3 unspecified atom stereocenters. The van der Waals surface area contributed by atoms with Crippen LogP contribution in [0, 0.1) is 0 Å². The third-order valence-corrected chi connectivity index (χ3v) is 18.7. The second-order valence-corrected chi connectivity index (χ2v) is 23.2. The Kier molecular flexibility index (Phi) is 11.1. The van der Waals surface area contributed by atoms with Gasteiger partial charge in [-0.1, -0.05) is 72.8 Å². The summed E-state index contributed by atoms with van der Waals surface area (Å²) in [6, 6.07) is 47.9. The van der Waals surface area contributed by atoms with Gasteiger partial charge in [0.05, 0.1) is 76.3 Å². The number of hydrogen-bond donors (Lipinski definition) is 0. The minimum Gasteiger partial charge on any atom is -0.276 e. The van der Waals surface area contributed by atoms with Crippen LogP contribution in [-0.2, 0) is 37.4 Å². The van der Waals surface area contributed by atoms with Crippen molar-refractivity contribution in [2.75, 3.05) is 0 Å². The first-order valence-electron chi connectivity index (χ1n) is 20.7. The van der Waals surface area contributed by atoms with Crippen molar-refractivity contribution in [2.45, 2.75) is 37.6 Å². The van der Waals surface area contributed by atoms with Gasteiger partial charge in [0.1, 0.15) is 33.3 Å². The predicted molar refractivity (Wildman–Crippen MR) is 268 cm³/mol. The highest BCUT2D eigenvalue weighted by atomic mass is 32.1. The number of thiazole rings is 6. The zero-order valence-electron chi connectivity index (χ0n) is 33.9. The second kappa shape index (κ2) is 17.5. The Morgan fingerprint density at radius 2 is 0.569 bits per heavy atom. The van der Waals surface area contributed by atoms with E-state index in [9.17, 15) is 0 Å². The molecule has 0 fully saturated rings. The Morgan fingerprint density at radius 3 is 0.815 bits per heavy atom. The van der Waals surface area contributed by atoms with E-state index >= 15 is 4.57 Å². The number of rotatable bonds is 15.